The average Bonchev–Trinajstić information content (AvgIpc) is 2.55. The van der Waals surface area contributed by atoms with Gasteiger partial charge in [-0.2, -0.15) is 65.9 Å². The fourth-order valence-electron chi connectivity index (χ4n) is 1.97. The molecule has 34 heavy (non-hydrogen) atoms. The first kappa shape index (κ1) is 35.7. The zero-order chi connectivity index (χ0) is 27.3. The number of nitrogens with one attached hydrogen (secondary N) is 1. The molecule has 0 saturated carbocycles. The average molecular weight is 676 g/mol. The van der Waals surface area contributed by atoms with E-state index < -0.39 is 64.0 Å². The summed E-state index contributed by atoms with van der Waals surface area (Å²) in [7, 11) is -2.69. The lowest BCUT2D eigenvalue weighted by Gasteiger charge is -2.41. The Morgan fingerprint density at radius 3 is 1.26 bits per heavy atom. The highest BCUT2D eigenvalue weighted by molar-refractivity contribution is 7.90. The molecule has 0 atom stereocenters. The third-order valence-electron chi connectivity index (χ3n) is 3.93. The van der Waals surface area contributed by atoms with Gasteiger partial charge < -0.3 is 28.5 Å². The second kappa shape index (κ2) is 9.78. The van der Waals surface area contributed by atoms with Crippen LogP contribution in [0.5, 0.6) is 0 Å². The van der Waals surface area contributed by atoms with Gasteiger partial charge in [-0.25, -0.2) is 13.1 Å². The SMILES string of the molecule is C[N+](C)(C)CCCNS(=O)(=O)C(F)(F)C(F)(F)C(F)(F)C(F)(F)C(F)(F)C(F)(F)C(F)(F)F.[I-]. The van der Waals surface area contributed by atoms with Crippen LogP contribution in [-0.2, 0) is 10.0 Å². The monoisotopic (exact) mass is 676 g/mol. The maximum Gasteiger partial charge on any atom is 0.460 e. The highest BCUT2D eigenvalue weighted by Gasteiger charge is 2.94. The lowest BCUT2D eigenvalue weighted by Crippen LogP contribution is -3.00. The standard InChI is InChI=1S/C13H16F15N2O2S.HI/c1-30(2,3)6-4-5-29-33(31,32)13(27,28)11(22,23)9(18,19)7(14,15)8(16,17)10(20,21)12(24,25)26;/h29H,4-6H2,1-3H3;1H/q+1;/p-1. The van der Waals surface area contributed by atoms with E-state index >= 15 is 0 Å². The number of nitrogens with zero attached hydrogens (tertiary/aromatic N) is 1. The molecule has 0 rings (SSSR count). The molecule has 0 unspecified atom stereocenters. The van der Waals surface area contributed by atoms with Gasteiger partial charge in [-0.3, -0.25) is 0 Å². The third-order valence-corrected chi connectivity index (χ3v) is 5.45. The summed E-state index contributed by atoms with van der Waals surface area (Å²) in [4.78, 5) is 0. The summed E-state index contributed by atoms with van der Waals surface area (Å²) >= 11 is 0. The van der Waals surface area contributed by atoms with Gasteiger partial charge in [-0.05, 0) is 0 Å². The summed E-state index contributed by atoms with van der Waals surface area (Å²) in [6, 6.07) is 0. The molecule has 0 aromatic heterocycles. The minimum Gasteiger partial charge on any atom is -1.00 e. The normalized spacial score (nSPS) is 15.8. The number of sulfonamides is 1. The van der Waals surface area contributed by atoms with Crippen molar-refractivity contribution in [3.63, 3.8) is 0 Å². The second-order valence-corrected chi connectivity index (χ2v) is 9.46. The molecule has 0 aliphatic carbocycles. The molecule has 0 aromatic rings. The highest BCUT2D eigenvalue weighted by Crippen LogP contribution is 2.62. The van der Waals surface area contributed by atoms with Gasteiger partial charge in [0.05, 0.1) is 27.7 Å². The van der Waals surface area contributed by atoms with Crippen LogP contribution in [0.4, 0.5) is 65.9 Å². The van der Waals surface area contributed by atoms with Crippen LogP contribution in [0.25, 0.3) is 0 Å². The van der Waals surface area contributed by atoms with Crippen LogP contribution < -0.4 is 28.7 Å². The molecular weight excluding hydrogens is 660 g/mol. The highest BCUT2D eigenvalue weighted by atomic mass is 127. The zero-order valence-electron chi connectivity index (χ0n) is 16.8. The van der Waals surface area contributed by atoms with E-state index in [1.165, 1.54) is 21.1 Å². The van der Waals surface area contributed by atoms with E-state index in [-0.39, 0.29) is 35.0 Å². The molecule has 21 heteroatoms. The van der Waals surface area contributed by atoms with Crippen molar-refractivity contribution in [3.05, 3.63) is 0 Å². The smallest absolute Gasteiger partial charge is 0.460 e. The molecule has 0 aliphatic heterocycles. The van der Waals surface area contributed by atoms with Gasteiger partial charge in [0.15, 0.2) is 0 Å². The fourth-order valence-corrected chi connectivity index (χ4v) is 3.03. The molecule has 0 bridgehead atoms. The van der Waals surface area contributed by atoms with Crippen molar-refractivity contribution in [1.82, 2.24) is 4.72 Å². The molecule has 0 amide bonds. The lowest BCUT2D eigenvalue weighted by molar-refractivity contribution is -0.870. The van der Waals surface area contributed by atoms with Gasteiger partial charge in [0.1, 0.15) is 0 Å². The van der Waals surface area contributed by atoms with Crippen LogP contribution in [0, 0.1) is 0 Å². The van der Waals surface area contributed by atoms with E-state index in [1.54, 1.807) is 0 Å². The minimum atomic E-state index is -8.54. The van der Waals surface area contributed by atoms with Crippen LogP contribution in [0.1, 0.15) is 6.42 Å². The topological polar surface area (TPSA) is 46.2 Å². The number of alkyl halides is 15. The van der Waals surface area contributed by atoms with Gasteiger partial charge >= 0.3 is 41.0 Å². The molecule has 0 heterocycles. The van der Waals surface area contributed by atoms with Crippen molar-refractivity contribution in [3.8, 4) is 0 Å². The van der Waals surface area contributed by atoms with Gasteiger partial charge in [-0.15, -0.1) is 0 Å². The Morgan fingerprint density at radius 1 is 0.618 bits per heavy atom. The second-order valence-electron chi connectivity index (χ2n) is 7.65. The van der Waals surface area contributed by atoms with Gasteiger partial charge in [0.25, 0.3) is 10.0 Å². The molecular formula is C13H16F15IN2O2S. The summed E-state index contributed by atoms with van der Waals surface area (Å²) in [6.07, 6.45) is -8.17. The van der Waals surface area contributed by atoms with E-state index in [2.05, 4.69) is 0 Å². The van der Waals surface area contributed by atoms with E-state index in [0.717, 1.165) is 0 Å². The summed E-state index contributed by atoms with van der Waals surface area (Å²) in [6.45, 7) is -1.24. The van der Waals surface area contributed by atoms with E-state index in [4.69, 9.17) is 0 Å². The quantitative estimate of drug-likeness (QED) is 0.156. The van der Waals surface area contributed by atoms with Crippen molar-refractivity contribution in [2.45, 2.75) is 47.5 Å². The third kappa shape index (κ3) is 5.75. The molecule has 0 aliphatic rings. The predicted octanol–water partition coefficient (Wildman–Crippen LogP) is 1.34. The van der Waals surface area contributed by atoms with Crippen LogP contribution in [0.3, 0.4) is 0 Å². The maximum atomic E-state index is 13.7. The molecule has 208 valence electrons. The molecule has 0 fully saturated rings. The Bertz CT molecular complexity index is 806. The number of halogens is 16. The number of quaternary nitrogens is 1. The Kier molecular flexibility index (Phi) is 10.3. The van der Waals surface area contributed by atoms with Crippen LogP contribution >= 0.6 is 0 Å². The summed E-state index contributed by atoms with van der Waals surface area (Å²) < 4.78 is 219. The van der Waals surface area contributed by atoms with Crippen molar-refractivity contribution in [2.24, 2.45) is 0 Å². The Hall–Kier alpha value is -0.450. The van der Waals surface area contributed by atoms with Gasteiger partial charge in [-0.1, -0.05) is 0 Å². The molecule has 0 radical (unpaired) electrons. The number of hydrogen-bond donors (Lipinski definition) is 1. The van der Waals surface area contributed by atoms with Crippen molar-refractivity contribution in [1.29, 1.82) is 0 Å². The van der Waals surface area contributed by atoms with Crippen molar-refractivity contribution in [2.75, 3.05) is 34.2 Å². The van der Waals surface area contributed by atoms with Crippen molar-refractivity contribution >= 4 is 10.0 Å². The van der Waals surface area contributed by atoms with Crippen LogP contribution in [0.2, 0.25) is 0 Å². The number of hydrogen-bond acceptors (Lipinski definition) is 2. The van der Waals surface area contributed by atoms with Crippen molar-refractivity contribution < 1.29 is 103 Å². The molecule has 0 saturated heterocycles. The Balaban J connectivity index is 0. The van der Waals surface area contributed by atoms with Crippen LogP contribution in [-0.4, -0.2) is 88.2 Å². The van der Waals surface area contributed by atoms with E-state index in [9.17, 15) is 74.3 Å². The van der Waals surface area contributed by atoms with E-state index in [1.807, 2.05) is 0 Å². The maximum absolute atomic E-state index is 13.7. The minimum absolute atomic E-state index is 0. The first-order valence-electron chi connectivity index (χ1n) is 8.09. The molecule has 4 nitrogen and oxygen atoms in total. The lowest BCUT2D eigenvalue weighted by atomic mass is 9.94. The fraction of sp³-hybridized carbons (Fsp3) is 1.00. The van der Waals surface area contributed by atoms with Crippen LogP contribution in [0.15, 0.2) is 0 Å². The number of rotatable bonds is 11. The Labute approximate surface area is 199 Å². The molecule has 0 spiro atoms. The summed E-state index contributed by atoms with van der Waals surface area (Å²) in [5.74, 6) is -41.6. The largest absolute Gasteiger partial charge is 1.00 e. The summed E-state index contributed by atoms with van der Waals surface area (Å²) in [5, 5.41) is -7.38. The molecule has 0 aromatic carbocycles. The molecule has 1 N–H and O–H groups in total. The van der Waals surface area contributed by atoms with Gasteiger partial charge in [0, 0.05) is 13.0 Å². The Morgan fingerprint density at radius 2 is 0.941 bits per heavy atom. The first-order chi connectivity index (χ1) is 14.0. The zero-order valence-corrected chi connectivity index (χ0v) is 19.8. The van der Waals surface area contributed by atoms with Gasteiger partial charge in [0.2, 0.25) is 0 Å². The predicted molar refractivity (Wildman–Crippen MR) is 80.2 cm³/mol. The first-order valence-corrected chi connectivity index (χ1v) is 9.57. The summed E-state index contributed by atoms with van der Waals surface area (Å²) in [5.41, 5.74) is 0. The van der Waals surface area contributed by atoms with E-state index in [0.29, 0.717) is 4.72 Å².